The van der Waals surface area contributed by atoms with Crippen molar-refractivity contribution in [1.82, 2.24) is 10.2 Å². The van der Waals surface area contributed by atoms with Crippen molar-refractivity contribution < 1.29 is 4.39 Å². The quantitative estimate of drug-likeness (QED) is 0.814. The SMILES string of the molecule is CN(Cc1ccccc1F)CC(C)(C)CNC1CC1. The fraction of sp³-hybridized carbons (Fsp3) is 0.625. The predicted octanol–water partition coefficient (Wildman–Crippen LogP) is 3.04. The molecule has 0 aliphatic heterocycles. The Bertz CT molecular complexity index is 413. The maximum Gasteiger partial charge on any atom is 0.127 e. The molecule has 2 nitrogen and oxygen atoms in total. The van der Waals surface area contributed by atoms with Crippen molar-refractivity contribution in [2.45, 2.75) is 39.3 Å². The number of rotatable bonds is 7. The summed E-state index contributed by atoms with van der Waals surface area (Å²) < 4.78 is 13.6. The summed E-state index contributed by atoms with van der Waals surface area (Å²) in [7, 11) is 2.06. The van der Waals surface area contributed by atoms with E-state index in [0.29, 0.717) is 6.54 Å². The lowest BCUT2D eigenvalue weighted by atomic mass is 9.92. The summed E-state index contributed by atoms with van der Waals surface area (Å²) in [5, 5.41) is 3.58. The molecule has 0 aromatic heterocycles. The minimum Gasteiger partial charge on any atom is -0.313 e. The van der Waals surface area contributed by atoms with Gasteiger partial charge in [0.15, 0.2) is 0 Å². The van der Waals surface area contributed by atoms with Crippen LogP contribution < -0.4 is 5.32 Å². The molecule has 1 aromatic rings. The van der Waals surface area contributed by atoms with Crippen molar-refractivity contribution >= 4 is 0 Å². The van der Waals surface area contributed by atoms with Gasteiger partial charge >= 0.3 is 0 Å². The van der Waals surface area contributed by atoms with Crippen molar-refractivity contribution in [3.63, 3.8) is 0 Å². The number of benzene rings is 1. The molecule has 0 radical (unpaired) electrons. The van der Waals surface area contributed by atoms with Gasteiger partial charge in [-0.2, -0.15) is 0 Å². The summed E-state index contributed by atoms with van der Waals surface area (Å²) in [6.07, 6.45) is 2.64. The topological polar surface area (TPSA) is 15.3 Å². The second-order valence-corrected chi connectivity index (χ2v) is 6.58. The van der Waals surface area contributed by atoms with E-state index >= 15 is 0 Å². The molecule has 106 valence electrons. The molecule has 3 heteroatoms. The summed E-state index contributed by atoms with van der Waals surface area (Å²) in [5.74, 6) is -0.108. The van der Waals surface area contributed by atoms with Gasteiger partial charge in [-0.3, -0.25) is 0 Å². The van der Waals surface area contributed by atoms with Gasteiger partial charge in [-0.25, -0.2) is 4.39 Å². The van der Waals surface area contributed by atoms with E-state index in [2.05, 4.69) is 31.1 Å². The Balaban J connectivity index is 1.82. The molecule has 1 fully saturated rings. The number of halogens is 1. The van der Waals surface area contributed by atoms with Gasteiger partial charge in [-0.05, 0) is 31.4 Å². The van der Waals surface area contributed by atoms with Gasteiger partial charge in [0, 0.05) is 31.2 Å². The molecule has 0 atom stereocenters. The second kappa shape index (κ2) is 6.02. The smallest absolute Gasteiger partial charge is 0.127 e. The summed E-state index contributed by atoms with van der Waals surface area (Å²) in [5.41, 5.74) is 0.985. The first-order valence-electron chi connectivity index (χ1n) is 7.12. The Kier molecular flexibility index (Phi) is 4.58. The maximum atomic E-state index is 13.6. The zero-order valence-electron chi connectivity index (χ0n) is 12.2. The van der Waals surface area contributed by atoms with Crippen molar-refractivity contribution in [3.05, 3.63) is 35.6 Å². The van der Waals surface area contributed by atoms with E-state index in [1.807, 2.05) is 12.1 Å². The number of nitrogens with one attached hydrogen (secondary N) is 1. The van der Waals surface area contributed by atoms with Crippen LogP contribution in [0.1, 0.15) is 32.3 Å². The standard InChI is InChI=1S/C16H25FN2/c1-16(2,11-18-14-8-9-14)12-19(3)10-13-6-4-5-7-15(13)17/h4-7,14,18H,8-12H2,1-3H3. The lowest BCUT2D eigenvalue weighted by molar-refractivity contribution is 0.196. The lowest BCUT2D eigenvalue weighted by Gasteiger charge is -2.30. The van der Waals surface area contributed by atoms with E-state index in [1.54, 1.807) is 6.07 Å². The van der Waals surface area contributed by atoms with Gasteiger partial charge in [0.05, 0.1) is 0 Å². The zero-order valence-corrected chi connectivity index (χ0v) is 12.2. The Morgan fingerprint density at radius 3 is 2.63 bits per heavy atom. The van der Waals surface area contributed by atoms with Crippen LogP contribution in [0.3, 0.4) is 0 Å². The minimum absolute atomic E-state index is 0.108. The van der Waals surface area contributed by atoms with E-state index in [4.69, 9.17) is 0 Å². The first kappa shape index (κ1) is 14.5. The van der Waals surface area contributed by atoms with E-state index in [1.165, 1.54) is 18.9 Å². The van der Waals surface area contributed by atoms with Crippen LogP contribution in [0, 0.1) is 11.2 Å². The van der Waals surface area contributed by atoms with Crippen LogP contribution in [-0.4, -0.2) is 31.1 Å². The van der Waals surface area contributed by atoms with Crippen LogP contribution in [0.25, 0.3) is 0 Å². The van der Waals surface area contributed by atoms with Gasteiger partial charge in [-0.1, -0.05) is 32.0 Å². The monoisotopic (exact) mass is 264 g/mol. The second-order valence-electron chi connectivity index (χ2n) is 6.58. The minimum atomic E-state index is -0.108. The van der Waals surface area contributed by atoms with Gasteiger partial charge in [0.1, 0.15) is 5.82 Å². The Morgan fingerprint density at radius 1 is 1.32 bits per heavy atom. The Labute approximate surface area is 116 Å². The maximum absolute atomic E-state index is 13.6. The summed E-state index contributed by atoms with van der Waals surface area (Å²) >= 11 is 0. The van der Waals surface area contributed by atoms with Crippen molar-refractivity contribution in [2.75, 3.05) is 20.1 Å². The first-order valence-corrected chi connectivity index (χ1v) is 7.12. The fourth-order valence-corrected chi connectivity index (χ4v) is 2.47. The summed E-state index contributed by atoms with van der Waals surface area (Å²) in [4.78, 5) is 2.20. The molecule has 1 N–H and O–H groups in total. The summed E-state index contributed by atoms with van der Waals surface area (Å²) in [6.45, 7) is 7.18. The molecule has 0 spiro atoms. The Morgan fingerprint density at radius 2 is 2.00 bits per heavy atom. The average Bonchev–Trinajstić information content (AvgIpc) is 3.13. The molecule has 1 aliphatic carbocycles. The van der Waals surface area contributed by atoms with E-state index in [9.17, 15) is 4.39 Å². The highest BCUT2D eigenvalue weighted by molar-refractivity contribution is 5.17. The molecule has 2 rings (SSSR count). The average molecular weight is 264 g/mol. The van der Waals surface area contributed by atoms with Crippen LogP contribution in [0.15, 0.2) is 24.3 Å². The number of hydrogen-bond acceptors (Lipinski definition) is 2. The van der Waals surface area contributed by atoms with Crippen molar-refractivity contribution in [1.29, 1.82) is 0 Å². The van der Waals surface area contributed by atoms with Crippen LogP contribution in [0.2, 0.25) is 0 Å². The molecule has 0 saturated heterocycles. The molecule has 1 aliphatic rings. The van der Waals surface area contributed by atoms with Gasteiger partial charge in [-0.15, -0.1) is 0 Å². The molecule has 1 saturated carbocycles. The van der Waals surface area contributed by atoms with Crippen LogP contribution in [0.5, 0.6) is 0 Å². The van der Waals surface area contributed by atoms with Crippen LogP contribution >= 0.6 is 0 Å². The highest BCUT2D eigenvalue weighted by Crippen LogP contribution is 2.22. The third-order valence-electron chi connectivity index (χ3n) is 3.54. The van der Waals surface area contributed by atoms with Crippen molar-refractivity contribution in [2.24, 2.45) is 5.41 Å². The molecule has 0 unspecified atom stereocenters. The predicted molar refractivity (Wildman–Crippen MR) is 77.5 cm³/mol. The highest BCUT2D eigenvalue weighted by atomic mass is 19.1. The van der Waals surface area contributed by atoms with Gasteiger partial charge < -0.3 is 10.2 Å². The Hall–Kier alpha value is -0.930. The third kappa shape index (κ3) is 4.92. The van der Waals surface area contributed by atoms with Crippen LogP contribution in [0.4, 0.5) is 4.39 Å². The zero-order chi connectivity index (χ0) is 13.9. The summed E-state index contributed by atoms with van der Waals surface area (Å²) in [6, 6.07) is 7.77. The molecular formula is C16H25FN2. The molecule has 1 aromatic carbocycles. The molecule has 0 heterocycles. The molecular weight excluding hydrogens is 239 g/mol. The number of nitrogens with zero attached hydrogens (tertiary/aromatic N) is 1. The van der Waals surface area contributed by atoms with E-state index in [-0.39, 0.29) is 11.2 Å². The first-order chi connectivity index (χ1) is 8.96. The van der Waals surface area contributed by atoms with Crippen LogP contribution in [-0.2, 0) is 6.54 Å². The van der Waals surface area contributed by atoms with Crippen molar-refractivity contribution in [3.8, 4) is 0 Å². The largest absolute Gasteiger partial charge is 0.313 e. The lowest BCUT2D eigenvalue weighted by Crippen LogP contribution is -2.39. The molecule has 19 heavy (non-hydrogen) atoms. The van der Waals surface area contributed by atoms with Gasteiger partial charge in [0.25, 0.3) is 0 Å². The highest BCUT2D eigenvalue weighted by Gasteiger charge is 2.26. The fourth-order valence-electron chi connectivity index (χ4n) is 2.47. The normalized spacial score (nSPS) is 16.1. The number of hydrogen-bond donors (Lipinski definition) is 1. The molecule has 0 bridgehead atoms. The van der Waals surface area contributed by atoms with E-state index < -0.39 is 0 Å². The van der Waals surface area contributed by atoms with Gasteiger partial charge in [0.2, 0.25) is 0 Å². The van der Waals surface area contributed by atoms with E-state index in [0.717, 1.165) is 24.7 Å². The third-order valence-corrected chi connectivity index (χ3v) is 3.54. The molecule has 0 amide bonds.